The van der Waals surface area contributed by atoms with Crippen LogP contribution in [0.2, 0.25) is 0 Å². The number of rotatable bonds is 5. The van der Waals surface area contributed by atoms with Crippen LogP contribution in [0.25, 0.3) is 10.9 Å². The fourth-order valence-electron chi connectivity index (χ4n) is 3.05. The second-order valence-corrected chi connectivity index (χ2v) is 6.85. The van der Waals surface area contributed by atoms with Gasteiger partial charge in [0.2, 0.25) is 0 Å². The first-order valence-corrected chi connectivity index (χ1v) is 8.90. The number of hydrogen-bond acceptors (Lipinski definition) is 4. The molecular formula is C21H22N2O4. The Hall–Kier alpha value is -3.15. The molecule has 6 nitrogen and oxygen atoms in total. The van der Waals surface area contributed by atoms with Gasteiger partial charge in [-0.05, 0) is 42.2 Å². The third kappa shape index (κ3) is 4.00. The lowest BCUT2D eigenvalue weighted by Crippen LogP contribution is -2.31. The summed E-state index contributed by atoms with van der Waals surface area (Å²) in [6.45, 7) is 6.13. The zero-order valence-corrected chi connectivity index (χ0v) is 15.6. The summed E-state index contributed by atoms with van der Waals surface area (Å²) in [6.07, 6.45) is 0.0153. The fraction of sp³-hybridized carbons (Fsp3) is 0.286. The highest BCUT2D eigenvalue weighted by atomic mass is 16.5. The molecule has 0 saturated carbocycles. The molecular weight excluding hydrogens is 344 g/mol. The van der Waals surface area contributed by atoms with Gasteiger partial charge in [-0.2, -0.15) is 0 Å². The number of esters is 1. The summed E-state index contributed by atoms with van der Waals surface area (Å²) >= 11 is 0. The molecule has 0 aliphatic carbocycles. The van der Waals surface area contributed by atoms with Gasteiger partial charge in [0.1, 0.15) is 5.75 Å². The number of nitrogens with zero attached hydrogens (tertiary/aromatic N) is 1. The van der Waals surface area contributed by atoms with Crippen molar-refractivity contribution in [2.45, 2.75) is 39.7 Å². The molecule has 0 bridgehead atoms. The lowest BCUT2D eigenvalue weighted by atomic mass is 10.0. The number of ether oxygens (including phenoxy) is 1. The van der Waals surface area contributed by atoms with E-state index in [4.69, 9.17) is 4.74 Å². The molecule has 27 heavy (non-hydrogen) atoms. The summed E-state index contributed by atoms with van der Waals surface area (Å²) in [5, 5.41) is 0.409. The lowest BCUT2D eigenvalue weighted by Gasteiger charge is -2.14. The predicted molar refractivity (Wildman–Crippen MR) is 104 cm³/mol. The Kier molecular flexibility index (Phi) is 5.26. The number of aromatic nitrogens is 2. The number of hydrogen-bond donors (Lipinski definition) is 1. The standard InChI is InChI=1S/C21H22N2O4/c1-13(2)15-9-8-14(3)12-18(15)27-19(24)10-11-23-17-7-5-4-6-16(17)20(25)22-21(23)26/h4-9,12-13H,10-11H2,1-3H3,(H,22,25,26). The van der Waals surface area contributed by atoms with Crippen LogP contribution in [-0.2, 0) is 11.3 Å². The van der Waals surface area contributed by atoms with Gasteiger partial charge in [0.25, 0.3) is 5.56 Å². The first-order chi connectivity index (χ1) is 12.9. The van der Waals surface area contributed by atoms with Crippen LogP contribution in [0.5, 0.6) is 5.75 Å². The van der Waals surface area contributed by atoms with Gasteiger partial charge in [-0.25, -0.2) is 4.79 Å². The number of aryl methyl sites for hydroxylation is 2. The molecule has 0 atom stereocenters. The van der Waals surface area contributed by atoms with E-state index in [1.54, 1.807) is 24.3 Å². The largest absolute Gasteiger partial charge is 0.426 e. The van der Waals surface area contributed by atoms with Gasteiger partial charge >= 0.3 is 11.7 Å². The lowest BCUT2D eigenvalue weighted by molar-refractivity contribution is -0.134. The van der Waals surface area contributed by atoms with E-state index >= 15 is 0 Å². The number of H-pyrrole nitrogens is 1. The van der Waals surface area contributed by atoms with Gasteiger partial charge in [-0.3, -0.25) is 19.1 Å². The Bertz CT molecular complexity index is 1110. The molecule has 0 radical (unpaired) electrons. The topological polar surface area (TPSA) is 81.2 Å². The van der Waals surface area contributed by atoms with E-state index < -0.39 is 17.2 Å². The third-order valence-electron chi connectivity index (χ3n) is 4.46. The van der Waals surface area contributed by atoms with Gasteiger partial charge in [0, 0.05) is 6.54 Å². The third-order valence-corrected chi connectivity index (χ3v) is 4.46. The van der Waals surface area contributed by atoms with Gasteiger partial charge in [0.15, 0.2) is 0 Å². The van der Waals surface area contributed by atoms with Crippen molar-refractivity contribution in [1.82, 2.24) is 9.55 Å². The molecule has 140 valence electrons. The van der Waals surface area contributed by atoms with Crippen molar-refractivity contribution in [2.24, 2.45) is 0 Å². The summed E-state index contributed by atoms with van der Waals surface area (Å²) < 4.78 is 6.95. The second kappa shape index (κ2) is 7.61. The highest BCUT2D eigenvalue weighted by Crippen LogP contribution is 2.27. The average Bonchev–Trinajstić information content (AvgIpc) is 2.61. The first kappa shape index (κ1) is 18.6. The van der Waals surface area contributed by atoms with Crippen LogP contribution in [0.15, 0.2) is 52.1 Å². The van der Waals surface area contributed by atoms with Crippen molar-refractivity contribution in [2.75, 3.05) is 0 Å². The zero-order valence-electron chi connectivity index (χ0n) is 15.6. The van der Waals surface area contributed by atoms with Crippen molar-refractivity contribution >= 4 is 16.9 Å². The maximum absolute atomic E-state index is 12.4. The molecule has 0 aliphatic rings. The minimum Gasteiger partial charge on any atom is -0.426 e. The molecule has 1 aromatic heterocycles. The van der Waals surface area contributed by atoms with E-state index in [0.717, 1.165) is 11.1 Å². The molecule has 0 amide bonds. The Morgan fingerprint density at radius 1 is 1.15 bits per heavy atom. The van der Waals surface area contributed by atoms with Gasteiger partial charge in [-0.1, -0.05) is 38.1 Å². The number of carbonyl (C=O) groups excluding carboxylic acids is 1. The Labute approximate surface area is 156 Å². The number of nitrogens with one attached hydrogen (secondary N) is 1. The highest BCUT2D eigenvalue weighted by Gasteiger charge is 2.14. The number of benzene rings is 2. The normalized spacial score (nSPS) is 11.1. The van der Waals surface area contributed by atoms with E-state index in [1.807, 2.05) is 39.0 Å². The minimum absolute atomic E-state index is 0.0153. The number of carbonyl (C=O) groups is 1. The number of fused-ring (bicyclic) bond motifs is 1. The minimum atomic E-state index is -0.537. The molecule has 3 rings (SSSR count). The predicted octanol–water partition coefficient (Wildman–Crippen LogP) is 3.12. The Balaban J connectivity index is 1.82. The highest BCUT2D eigenvalue weighted by molar-refractivity contribution is 5.78. The fourth-order valence-corrected chi connectivity index (χ4v) is 3.05. The Morgan fingerprint density at radius 2 is 1.89 bits per heavy atom. The SMILES string of the molecule is Cc1ccc(C(C)C)c(OC(=O)CCn2c(=O)[nH]c(=O)c3ccccc32)c1. The molecule has 3 aromatic rings. The Morgan fingerprint density at radius 3 is 2.63 bits per heavy atom. The molecule has 1 heterocycles. The van der Waals surface area contributed by atoms with E-state index in [1.165, 1.54) is 4.57 Å². The van der Waals surface area contributed by atoms with E-state index in [2.05, 4.69) is 4.98 Å². The molecule has 0 fully saturated rings. The van der Waals surface area contributed by atoms with E-state index in [-0.39, 0.29) is 18.9 Å². The van der Waals surface area contributed by atoms with Crippen molar-refractivity contribution in [1.29, 1.82) is 0 Å². The van der Waals surface area contributed by atoms with Crippen LogP contribution in [0.1, 0.15) is 37.3 Å². The van der Waals surface area contributed by atoms with E-state index in [0.29, 0.717) is 16.7 Å². The summed E-state index contributed by atoms with van der Waals surface area (Å²) in [5.74, 6) is 0.345. The monoisotopic (exact) mass is 366 g/mol. The number of aromatic amines is 1. The van der Waals surface area contributed by atoms with Crippen molar-refractivity contribution in [3.8, 4) is 5.75 Å². The van der Waals surface area contributed by atoms with Gasteiger partial charge in [0.05, 0.1) is 17.3 Å². The summed E-state index contributed by atoms with van der Waals surface area (Å²) in [7, 11) is 0. The van der Waals surface area contributed by atoms with E-state index in [9.17, 15) is 14.4 Å². The molecule has 0 aliphatic heterocycles. The van der Waals surface area contributed by atoms with Crippen molar-refractivity contribution < 1.29 is 9.53 Å². The van der Waals surface area contributed by atoms with Crippen LogP contribution in [-0.4, -0.2) is 15.5 Å². The van der Waals surface area contributed by atoms with Crippen LogP contribution in [0.3, 0.4) is 0 Å². The van der Waals surface area contributed by atoms with Crippen LogP contribution >= 0.6 is 0 Å². The smallest absolute Gasteiger partial charge is 0.328 e. The second-order valence-electron chi connectivity index (χ2n) is 6.85. The van der Waals surface area contributed by atoms with Crippen molar-refractivity contribution in [3.63, 3.8) is 0 Å². The maximum atomic E-state index is 12.4. The average molecular weight is 366 g/mol. The molecule has 0 spiro atoms. The molecule has 0 saturated heterocycles. The summed E-state index contributed by atoms with van der Waals surface area (Å²) in [5.41, 5.74) is 1.49. The van der Waals surface area contributed by atoms with Crippen LogP contribution < -0.4 is 16.0 Å². The maximum Gasteiger partial charge on any atom is 0.328 e. The zero-order chi connectivity index (χ0) is 19.6. The molecule has 2 aromatic carbocycles. The molecule has 1 N–H and O–H groups in total. The number of para-hydroxylation sites is 1. The van der Waals surface area contributed by atoms with Crippen LogP contribution in [0.4, 0.5) is 0 Å². The first-order valence-electron chi connectivity index (χ1n) is 8.90. The van der Waals surface area contributed by atoms with Crippen LogP contribution in [0, 0.1) is 6.92 Å². The van der Waals surface area contributed by atoms with Crippen molar-refractivity contribution in [3.05, 3.63) is 74.4 Å². The molecule has 0 unspecified atom stereocenters. The van der Waals surface area contributed by atoms with Gasteiger partial charge in [-0.15, -0.1) is 0 Å². The summed E-state index contributed by atoms with van der Waals surface area (Å²) in [6, 6.07) is 12.6. The molecule has 6 heteroatoms. The van der Waals surface area contributed by atoms with Gasteiger partial charge < -0.3 is 4.74 Å². The summed E-state index contributed by atoms with van der Waals surface area (Å²) in [4.78, 5) is 38.7. The quantitative estimate of drug-likeness (QED) is 0.556.